The Balaban J connectivity index is 1.52. The van der Waals surface area contributed by atoms with E-state index in [1.54, 1.807) is 0 Å². The molecule has 1 aliphatic carbocycles. The lowest BCUT2D eigenvalue weighted by Gasteiger charge is -2.38. The van der Waals surface area contributed by atoms with E-state index in [9.17, 15) is 4.79 Å². The molecule has 1 amide bonds. The highest BCUT2D eigenvalue weighted by molar-refractivity contribution is 5.79. The molecule has 2 saturated heterocycles. The molecule has 2 unspecified atom stereocenters. The fourth-order valence-electron chi connectivity index (χ4n) is 4.22. The molecule has 0 aromatic heterocycles. The van der Waals surface area contributed by atoms with Crippen LogP contribution >= 0.6 is 0 Å². The summed E-state index contributed by atoms with van der Waals surface area (Å²) in [5.41, 5.74) is 0. The lowest BCUT2D eigenvalue weighted by molar-refractivity contribution is -0.128. The monoisotopic (exact) mass is 274 g/mol. The van der Waals surface area contributed by atoms with Gasteiger partial charge in [-0.25, -0.2) is 0 Å². The number of hydrogen-bond acceptors (Lipinski definition) is 2. The molecule has 0 N–H and O–H groups in total. The standard InChI is InChI=1S/C17H26N2O/c1-2-14-10-17(20)19(11-14)13-15-6-5-9-18(12-15)16-7-3-4-8-16/h1,14-16H,3-13H2. The number of hydrogen-bond donors (Lipinski definition) is 0. The molecule has 3 fully saturated rings. The van der Waals surface area contributed by atoms with Crippen LogP contribution in [0.25, 0.3) is 0 Å². The Kier molecular flexibility index (Phi) is 4.31. The largest absolute Gasteiger partial charge is 0.341 e. The van der Waals surface area contributed by atoms with Crippen molar-refractivity contribution >= 4 is 5.91 Å². The molecular weight excluding hydrogens is 248 g/mol. The number of likely N-dealkylation sites (tertiary alicyclic amines) is 2. The smallest absolute Gasteiger partial charge is 0.223 e. The van der Waals surface area contributed by atoms with Crippen LogP contribution in [0, 0.1) is 24.2 Å². The van der Waals surface area contributed by atoms with Gasteiger partial charge in [0.1, 0.15) is 0 Å². The SMILES string of the molecule is C#CC1CC(=O)N(CC2CCCN(C3CCCC3)C2)C1. The van der Waals surface area contributed by atoms with Crippen LogP contribution in [0.4, 0.5) is 0 Å². The Morgan fingerprint density at radius 2 is 1.95 bits per heavy atom. The predicted octanol–water partition coefficient (Wildman–Crippen LogP) is 2.12. The van der Waals surface area contributed by atoms with Crippen molar-refractivity contribution in [3.8, 4) is 12.3 Å². The van der Waals surface area contributed by atoms with Gasteiger partial charge in [-0.2, -0.15) is 0 Å². The zero-order valence-electron chi connectivity index (χ0n) is 12.4. The first kappa shape index (κ1) is 13.9. The number of nitrogens with zero attached hydrogens (tertiary/aromatic N) is 2. The molecule has 2 atom stereocenters. The van der Waals surface area contributed by atoms with E-state index in [0.717, 1.165) is 19.1 Å². The first-order chi connectivity index (χ1) is 9.76. The van der Waals surface area contributed by atoms with Crippen LogP contribution in [0.3, 0.4) is 0 Å². The fraction of sp³-hybridized carbons (Fsp3) is 0.824. The zero-order chi connectivity index (χ0) is 13.9. The minimum atomic E-state index is 0.150. The maximum absolute atomic E-state index is 12.0. The minimum Gasteiger partial charge on any atom is -0.341 e. The van der Waals surface area contributed by atoms with Crippen LogP contribution in [0.5, 0.6) is 0 Å². The van der Waals surface area contributed by atoms with Crippen molar-refractivity contribution in [2.45, 2.75) is 51.0 Å². The van der Waals surface area contributed by atoms with Crippen LogP contribution in [-0.4, -0.2) is 47.9 Å². The fourth-order valence-corrected chi connectivity index (χ4v) is 4.22. The van der Waals surface area contributed by atoms with E-state index >= 15 is 0 Å². The van der Waals surface area contributed by atoms with Crippen LogP contribution in [-0.2, 0) is 4.79 Å². The van der Waals surface area contributed by atoms with E-state index in [0.29, 0.717) is 12.3 Å². The van der Waals surface area contributed by atoms with Gasteiger partial charge < -0.3 is 9.80 Å². The van der Waals surface area contributed by atoms with Crippen LogP contribution < -0.4 is 0 Å². The first-order valence-electron chi connectivity index (χ1n) is 8.24. The molecule has 20 heavy (non-hydrogen) atoms. The van der Waals surface area contributed by atoms with Crippen molar-refractivity contribution in [1.82, 2.24) is 9.80 Å². The molecular formula is C17H26N2O. The molecule has 0 radical (unpaired) electrons. The molecule has 1 saturated carbocycles. The number of carbonyl (C=O) groups excluding carboxylic acids is 1. The normalized spacial score (nSPS) is 32.8. The average molecular weight is 274 g/mol. The maximum atomic E-state index is 12.0. The summed E-state index contributed by atoms with van der Waals surface area (Å²) in [5, 5.41) is 0. The molecule has 0 bridgehead atoms. The quantitative estimate of drug-likeness (QED) is 0.736. The van der Waals surface area contributed by atoms with Crippen molar-refractivity contribution in [3.05, 3.63) is 0 Å². The topological polar surface area (TPSA) is 23.6 Å². The molecule has 0 spiro atoms. The van der Waals surface area contributed by atoms with Crippen molar-refractivity contribution in [1.29, 1.82) is 0 Å². The number of amides is 1. The van der Waals surface area contributed by atoms with Gasteiger partial charge in [0.15, 0.2) is 0 Å². The molecule has 3 heteroatoms. The second kappa shape index (κ2) is 6.18. The summed E-state index contributed by atoms with van der Waals surface area (Å²) in [5.74, 6) is 3.82. The molecule has 0 aromatic rings. The maximum Gasteiger partial charge on any atom is 0.223 e. The second-order valence-corrected chi connectivity index (χ2v) is 6.81. The van der Waals surface area contributed by atoms with E-state index in [4.69, 9.17) is 6.42 Å². The predicted molar refractivity (Wildman–Crippen MR) is 80.1 cm³/mol. The summed E-state index contributed by atoms with van der Waals surface area (Å²) in [7, 11) is 0. The van der Waals surface area contributed by atoms with Crippen molar-refractivity contribution in [2.75, 3.05) is 26.2 Å². The van der Waals surface area contributed by atoms with E-state index in [2.05, 4.69) is 10.8 Å². The summed E-state index contributed by atoms with van der Waals surface area (Å²) >= 11 is 0. The van der Waals surface area contributed by atoms with Crippen LogP contribution in [0.15, 0.2) is 0 Å². The van der Waals surface area contributed by atoms with E-state index in [-0.39, 0.29) is 11.8 Å². The van der Waals surface area contributed by atoms with E-state index in [1.165, 1.54) is 51.6 Å². The highest BCUT2D eigenvalue weighted by Gasteiger charge is 2.33. The Morgan fingerprint density at radius 3 is 2.65 bits per heavy atom. The van der Waals surface area contributed by atoms with Gasteiger partial charge in [-0.1, -0.05) is 12.8 Å². The summed E-state index contributed by atoms with van der Waals surface area (Å²) in [4.78, 5) is 16.7. The summed E-state index contributed by atoms with van der Waals surface area (Å²) < 4.78 is 0. The third kappa shape index (κ3) is 3.01. The second-order valence-electron chi connectivity index (χ2n) is 6.81. The highest BCUT2D eigenvalue weighted by Crippen LogP contribution is 2.29. The minimum absolute atomic E-state index is 0.150. The number of piperidine rings is 1. The molecule has 2 heterocycles. The molecule has 3 aliphatic rings. The molecule has 110 valence electrons. The van der Waals surface area contributed by atoms with Crippen molar-refractivity contribution in [3.63, 3.8) is 0 Å². The third-order valence-electron chi connectivity index (χ3n) is 5.32. The summed E-state index contributed by atoms with van der Waals surface area (Å²) in [6, 6.07) is 0.825. The van der Waals surface area contributed by atoms with Gasteiger partial charge in [0, 0.05) is 38.0 Å². The number of rotatable bonds is 3. The van der Waals surface area contributed by atoms with Crippen LogP contribution in [0.2, 0.25) is 0 Å². The van der Waals surface area contributed by atoms with Gasteiger partial charge >= 0.3 is 0 Å². The van der Waals surface area contributed by atoms with Gasteiger partial charge in [-0.15, -0.1) is 12.3 Å². The molecule has 2 aliphatic heterocycles. The Labute approximate surface area is 122 Å². The molecule has 0 aromatic carbocycles. The highest BCUT2D eigenvalue weighted by atomic mass is 16.2. The average Bonchev–Trinajstić information content (AvgIpc) is 3.10. The third-order valence-corrected chi connectivity index (χ3v) is 5.32. The van der Waals surface area contributed by atoms with Crippen molar-refractivity contribution in [2.24, 2.45) is 11.8 Å². The van der Waals surface area contributed by atoms with Crippen molar-refractivity contribution < 1.29 is 4.79 Å². The first-order valence-corrected chi connectivity index (χ1v) is 8.24. The molecule has 3 rings (SSSR count). The van der Waals surface area contributed by atoms with Gasteiger partial charge in [0.2, 0.25) is 5.91 Å². The summed E-state index contributed by atoms with van der Waals surface area (Å²) in [6.45, 7) is 4.17. The Morgan fingerprint density at radius 1 is 1.15 bits per heavy atom. The zero-order valence-corrected chi connectivity index (χ0v) is 12.4. The van der Waals surface area contributed by atoms with Gasteiger partial charge in [-0.3, -0.25) is 4.79 Å². The number of terminal acetylenes is 1. The van der Waals surface area contributed by atoms with Gasteiger partial charge in [0.05, 0.1) is 0 Å². The van der Waals surface area contributed by atoms with Gasteiger partial charge in [-0.05, 0) is 38.1 Å². The van der Waals surface area contributed by atoms with Gasteiger partial charge in [0.25, 0.3) is 0 Å². The Bertz CT molecular complexity index is 394. The lowest BCUT2D eigenvalue weighted by atomic mass is 9.95. The van der Waals surface area contributed by atoms with Crippen LogP contribution in [0.1, 0.15) is 44.9 Å². The lowest BCUT2D eigenvalue weighted by Crippen LogP contribution is -2.45. The Hall–Kier alpha value is -1.01. The summed E-state index contributed by atoms with van der Waals surface area (Å²) in [6.07, 6.45) is 14.2. The number of carbonyl (C=O) groups is 1. The van der Waals surface area contributed by atoms with E-state index in [1.807, 2.05) is 4.90 Å². The van der Waals surface area contributed by atoms with E-state index < -0.39 is 0 Å². The molecule has 3 nitrogen and oxygen atoms in total.